The summed E-state index contributed by atoms with van der Waals surface area (Å²) in [6, 6.07) is 16.0. The predicted molar refractivity (Wildman–Crippen MR) is 106 cm³/mol. The summed E-state index contributed by atoms with van der Waals surface area (Å²) in [6.07, 6.45) is 2.88. The molecule has 0 bridgehead atoms. The van der Waals surface area contributed by atoms with E-state index in [0.29, 0.717) is 12.8 Å². The van der Waals surface area contributed by atoms with E-state index < -0.39 is 0 Å². The van der Waals surface area contributed by atoms with Crippen molar-refractivity contribution in [3.8, 4) is 5.69 Å². The molecule has 0 radical (unpaired) electrons. The van der Waals surface area contributed by atoms with Gasteiger partial charge >= 0.3 is 0 Å². The molecule has 2 N–H and O–H groups in total. The fourth-order valence-electron chi connectivity index (χ4n) is 3.19. The molecule has 136 valence electrons. The topological polar surface area (TPSA) is 75.6 Å². The number of benzene rings is 2. The first kappa shape index (κ1) is 17.0. The lowest BCUT2D eigenvalue weighted by Gasteiger charge is -2.07. The highest BCUT2D eigenvalue weighted by Gasteiger charge is 2.07. The predicted octanol–water partition coefficient (Wildman–Crippen LogP) is 3.94. The van der Waals surface area contributed by atoms with Gasteiger partial charge in [-0.1, -0.05) is 12.1 Å². The van der Waals surface area contributed by atoms with Gasteiger partial charge in [0.15, 0.2) is 0 Å². The first-order chi connectivity index (χ1) is 13.1. The average Bonchev–Trinajstić information content (AvgIpc) is 3.25. The minimum absolute atomic E-state index is 0.00325. The normalized spacial score (nSPS) is 11.0. The third-order valence-corrected chi connectivity index (χ3v) is 4.56. The van der Waals surface area contributed by atoms with Gasteiger partial charge in [0.1, 0.15) is 0 Å². The summed E-state index contributed by atoms with van der Waals surface area (Å²) >= 11 is 0. The zero-order valence-electron chi connectivity index (χ0n) is 15.4. The molecular weight excluding hydrogens is 338 g/mol. The monoisotopic (exact) mass is 359 g/mol. The van der Waals surface area contributed by atoms with E-state index in [2.05, 4.69) is 38.8 Å². The fraction of sp³-hybridized carbons (Fsp3) is 0.190. The Bertz CT molecular complexity index is 1090. The molecule has 2 aromatic heterocycles. The number of aromatic amines is 1. The Labute approximate surface area is 157 Å². The van der Waals surface area contributed by atoms with Crippen LogP contribution in [0.1, 0.15) is 23.4 Å². The van der Waals surface area contributed by atoms with E-state index in [1.165, 1.54) is 0 Å². The van der Waals surface area contributed by atoms with Crippen molar-refractivity contribution in [3.63, 3.8) is 0 Å². The molecule has 0 aliphatic carbocycles. The molecule has 4 aromatic rings. The Morgan fingerprint density at radius 2 is 1.93 bits per heavy atom. The van der Waals surface area contributed by atoms with E-state index >= 15 is 0 Å². The van der Waals surface area contributed by atoms with E-state index in [9.17, 15) is 4.79 Å². The van der Waals surface area contributed by atoms with E-state index in [0.717, 1.165) is 39.2 Å². The molecule has 0 fully saturated rings. The lowest BCUT2D eigenvalue weighted by molar-refractivity contribution is -0.116. The molecule has 0 saturated heterocycles. The molecule has 2 aromatic carbocycles. The number of nitrogens with one attached hydrogen (secondary N) is 2. The highest BCUT2D eigenvalue weighted by atomic mass is 16.1. The number of aromatic nitrogens is 4. The first-order valence-electron chi connectivity index (χ1n) is 8.94. The Morgan fingerprint density at radius 1 is 1.11 bits per heavy atom. The molecule has 0 unspecified atom stereocenters. The van der Waals surface area contributed by atoms with Gasteiger partial charge in [0.05, 0.1) is 23.1 Å². The minimum Gasteiger partial charge on any atom is -0.326 e. The van der Waals surface area contributed by atoms with E-state index in [1.807, 2.05) is 48.9 Å². The number of rotatable bonds is 5. The number of anilines is 1. The summed E-state index contributed by atoms with van der Waals surface area (Å²) in [6.45, 7) is 4.03. The fourth-order valence-corrected chi connectivity index (χ4v) is 3.19. The van der Waals surface area contributed by atoms with Crippen molar-refractivity contribution in [3.05, 3.63) is 71.7 Å². The molecule has 27 heavy (non-hydrogen) atoms. The maximum absolute atomic E-state index is 12.2. The number of aryl methyl sites for hydroxylation is 3. The number of amides is 1. The largest absolute Gasteiger partial charge is 0.326 e. The lowest BCUT2D eigenvalue weighted by Crippen LogP contribution is -2.12. The van der Waals surface area contributed by atoms with Gasteiger partial charge in [0.25, 0.3) is 0 Å². The van der Waals surface area contributed by atoms with Gasteiger partial charge in [-0.3, -0.25) is 9.89 Å². The van der Waals surface area contributed by atoms with Crippen LogP contribution in [0.15, 0.2) is 54.7 Å². The Balaban J connectivity index is 1.36. The number of hydrogen-bond donors (Lipinski definition) is 2. The molecular formula is C21H21N5O. The van der Waals surface area contributed by atoms with Crippen LogP contribution in [0.4, 0.5) is 5.69 Å². The second-order valence-corrected chi connectivity index (χ2v) is 6.73. The van der Waals surface area contributed by atoms with Crippen LogP contribution < -0.4 is 5.32 Å². The van der Waals surface area contributed by atoms with Crippen LogP contribution in [0.2, 0.25) is 0 Å². The van der Waals surface area contributed by atoms with Gasteiger partial charge in [0.2, 0.25) is 5.91 Å². The first-order valence-corrected chi connectivity index (χ1v) is 8.94. The third kappa shape index (κ3) is 3.74. The molecule has 1 amide bonds. The van der Waals surface area contributed by atoms with Crippen molar-refractivity contribution in [2.45, 2.75) is 26.7 Å². The van der Waals surface area contributed by atoms with E-state index in [-0.39, 0.29) is 5.91 Å². The Kier molecular flexibility index (Phi) is 4.46. The van der Waals surface area contributed by atoms with Crippen LogP contribution >= 0.6 is 0 Å². The number of fused-ring (bicyclic) bond motifs is 1. The standard InChI is InChI=1S/C21H21N5O/c1-14-11-15(2)26(25-14)19-8-3-16(4-9-19)5-10-21(27)23-18-7-6-17-13-22-24-20(17)12-18/h3-4,6-9,11-13H,5,10H2,1-2H3,(H,22,24)(H,23,27). The van der Waals surface area contributed by atoms with Crippen LogP contribution in [-0.2, 0) is 11.2 Å². The van der Waals surface area contributed by atoms with Crippen LogP contribution in [0, 0.1) is 13.8 Å². The van der Waals surface area contributed by atoms with Gasteiger partial charge < -0.3 is 5.32 Å². The van der Waals surface area contributed by atoms with Gasteiger partial charge in [-0.25, -0.2) is 4.68 Å². The summed E-state index contributed by atoms with van der Waals surface area (Å²) in [7, 11) is 0. The number of nitrogens with zero attached hydrogens (tertiary/aromatic N) is 3. The van der Waals surface area contributed by atoms with Gasteiger partial charge in [0, 0.05) is 23.2 Å². The zero-order valence-corrected chi connectivity index (χ0v) is 15.4. The molecule has 2 heterocycles. The number of carbonyl (C=O) groups excluding carboxylic acids is 1. The molecule has 4 rings (SSSR count). The van der Waals surface area contributed by atoms with E-state index in [1.54, 1.807) is 6.20 Å². The summed E-state index contributed by atoms with van der Waals surface area (Å²) in [4.78, 5) is 12.2. The lowest BCUT2D eigenvalue weighted by atomic mass is 10.1. The second-order valence-electron chi connectivity index (χ2n) is 6.73. The van der Waals surface area contributed by atoms with Crippen LogP contribution in [0.25, 0.3) is 16.6 Å². The van der Waals surface area contributed by atoms with E-state index in [4.69, 9.17) is 0 Å². The van der Waals surface area contributed by atoms with Crippen molar-refractivity contribution < 1.29 is 4.79 Å². The highest BCUT2D eigenvalue weighted by molar-refractivity contribution is 5.93. The maximum Gasteiger partial charge on any atom is 0.224 e. The minimum atomic E-state index is -0.00325. The Morgan fingerprint density at radius 3 is 2.67 bits per heavy atom. The number of H-pyrrole nitrogens is 1. The third-order valence-electron chi connectivity index (χ3n) is 4.56. The smallest absolute Gasteiger partial charge is 0.224 e. The number of hydrogen-bond acceptors (Lipinski definition) is 3. The van der Waals surface area contributed by atoms with Crippen molar-refractivity contribution in [2.24, 2.45) is 0 Å². The molecule has 0 aliphatic heterocycles. The van der Waals surface area contributed by atoms with Gasteiger partial charge in [-0.15, -0.1) is 0 Å². The molecule has 0 spiro atoms. The molecule has 0 aliphatic rings. The van der Waals surface area contributed by atoms with Gasteiger partial charge in [-0.2, -0.15) is 10.2 Å². The highest BCUT2D eigenvalue weighted by Crippen LogP contribution is 2.17. The molecule has 6 nitrogen and oxygen atoms in total. The van der Waals surface area contributed by atoms with Crippen LogP contribution in [0.3, 0.4) is 0 Å². The van der Waals surface area contributed by atoms with Crippen LogP contribution in [0.5, 0.6) is 0 Å². The van der Waals surface area contributed by atoms with Gasteiger partial charge in [-0.05, 0) is 62.2 Å². The zero-order chi connectivity index (χ0) is 18.8. The van der Waals surface area contributed by atoms with Crippen molar-refractivity contribution >= 4 is 22.5 Å². The van der Waals surface area contributed by atoms with Crippen molar-refractivity contribution in [1.82, 2.24) is 20.0 Å². The molecule has 0 saturated carbocycles. The van der Waals surface area contributed by atoms with Crippen molar-refractivity contribution in [2.75, 3.05) is 5.32 Å². The summed E-state index contributed by atoms with van der Waals surface area (Å²) in [5.74, 6) is -0.00325. The maximum atomic E-state index is 12.2. The van der Waals surface area contributed by atoms with Crippen molar-refractivity contribution in [1.29, 1.82) is 0 Å². The molecule has 0 atom stereocenters. The SMILES string of the molecule is Cc1cc(C)n(-c2ccc(CCC(=O)Nc3ccc4cn[nH]c4c3)cc2)n1. The number of carbonyl (C=O) groups is 1. The summed E-state index contributed by atoms with van der Waals surface area (Å²) in [5.41, 5.74) is 5.95. The molecule has 6 heteroatoms. The van der Waals surface area contributed by atoms with Crippen LogP contribution in [-0.4, -0.2) is 25.9 Å². The summed E-state index contributed by atoms with van der Waals surface area (Å²) < 4.78 is 1.93. The quantitative estimate of drug-likeness (QED) is 0.567. The average molecular weight is 359 g/mol. The summed E-state index contributed by atoms with van der Waals surface area (Å²) in [5, 5.41) is 15.4. The second kappa shape index (κ2) is 7.07. The Hall–Kier alpha value is -3.41.